The van der Waals surface area contributed by atoms with E-state index in [0.29, 0.717) is 12.5 Å². The summed E-state index contributed by atoms with van der Waals surface area (Å²) in [6.07, 6.45) is 0.931. The first kappa shape index (κ1) is 15.0. The summed E-state index contributed by atoms with van der Waals surface area (Å²) in [7, 11) is -3.49. The lowest BCUT2D eigenvalue weighted by molar-refractivity contribution is -0.122. The minimum atomic E-state index is -3.49. The van der Waals surface area contributed by atoms with Crippen LogP contribution in [0.15, 0.2) is 29.2 Å². The van der Waals surface area contributed by atoms with E-state index in [0.717, 1.165) is 12.0 Å². The third-order valence-electron chi connectivity index (χ3n) is 3.49. The van der Waals surface area contributed by atoms with E-state index in [-0.39, 0.29) is 23.3 Å². The predicted octanol–water partition coefficient (Wildman–Crippen LogP) is 1.05. The highest BCUT2D eigenvalue weighted by molar-refractivity contribution is 7.89. The maximum Gasteiger partial charge on any atom is 0.240 e. The van der Waals surface area contributed by atoms with Crippen molar-refractivity contribution < 1.29 is 13.2 Å². The summed E-state index contributed by atoms with van der Waals surface area (Å²) >= 11 is 0. The average molecular weight is 296 g/mol. The third kappa shape index (κ3) is 3.80. The maximum atomic E-state index is 12.0. The van der Waals surface area contributed by atoms with Crippen LogP contribution in [0.3, 0.4) is 0 Å². The minimum absolute atomic E-state index is 0.0204. The fraction of sp³-hybridized carbons (Fsp3) is 0.500. The molecule has 1 aliphatic rings. The average Bonchev–Trinajstić information content (AvgIpc) is 3.12. The highest BCUT2D eigenvalue weighted by atomic mass is 32.2. The van der Waals surface area contributed by atoms with E-state index in [9.17, 15) is 13.2 Å². The topological polar surface area (TPSA) is 75.3 Å². The minimum Gasteiger partial charge on any atom is -0.355 e. The molecule has 0 unspecified atom stereocenters. The Morgan fingerprint density at radius 3 is 2.40 bits per heavy atom. The first-order valence-electron chi connectivity index (χ1n) is 6.74. The number of rotatable bonds is 6. The van der Waals surface area contributed by atoms with Crippen LogP contribution in [0.5, 0.6) is 0 Å². The Balaban J connectivity index is 1.78. The van der Waals surface area contributed by atoms with Gasteiger partial charge in [0.25, 0.3) is 0 Å². The van der Waals surface area contributed by atoms with E-state index < -0.39 is 10.0 Å². The molecule has 1 fully saturated rings. The van der Waals surface area contributed by atoms with Crippen LogP contribution in [-0.4, -0.2) is 27.4 Å². The molecule has 20 heavy (non-hydrogen) atoms. The number of aryl methyl sites for hydroxylation is 1. The fourth-order valence-corrected chi connectivity index (χ4v) is 3.02. The molecule has 1 saturated carbocycles. The van der Waals surface area contributed by atoms with E-state index in [4.69, 9.17) is 0 Å². The standard InChI is InChI=1S/C14H20N2O3S/c1-10-3-5-12(6-4-10)20(18,19)16-8-7-15-14(17)13-9-11(13)2/h3-6,11,13,16H,7-9H2,1-2H3,(H,15,17)/t11-,13-/m1/s1. The molecule has 0 aliphatic heterocycles. The van der Waals surface area contributed by atoms with Gasteiger partial charge in [-0.2, -0.15) is 0 Å². The van der Waals surface area contributed by atoms with E-state index in [1.165, 1.54) is 0 Å². The molecular formula is C14H20N2O3S. The predicted molar refractivity (Wildman–Crippen MR) is 76.6 cm³/mol. The van der Waals surface area contributed by atoms with Crippen molar-refractivity contribution in [1.82, 2.24) is 10.0 Å². The molecule has 0 saturated heterocycles. The van der Waals surface area contributed by atoms with E-state index >= 15 is 0 Å². The molecule has 0 bridgehead atoms. The first-order valence-corrected chi connectivity index (χ1v) is 8.22. The number of hydrogen-bond donors (Lipinski definition) is 2. The summed E-state index contributed by atoms with van der Waals surface area (Å²) in [4.78, 5) is 11.8. The van der Waals surface area contributed by atoms with Crippen molar-refractivity contribution in [3.63, 3.8) is 0 Å². The van der Waals surface area contributed by atoms with Gasteiger partial charge < -0.3 is 5.32 Å². The van der Waals surface area contributed by atoms with Gasteiger partial charge in [-0.1, -0.05) is 24.6 Å². The molecule has 5 nitrogen and oxygen atoms in total. The summed E-state index contributed by atoms with van der Waals surface area (Å²) in [5.74, 6) is 0.593. The number of benzene rings is 1. The van der Waals surface area contributed by atoms with E-state index in [2.05, 4.69) is 10.0 Å². The molecule has 1 amide bonds. The van der Waals surface area contributed by atoms with Gasteiger partial charge in [0, 0.05) is 19.0 Å². The fourth-order valence-electron chi connectivity index (χ4n) is 1.99. The van der Waals surface area contributed by atoms with Gasteiger partial charge >= 0.3 is 0 Å². The summed E-state index contributed by atoms with van der Waals surface area (Å²) in [5.41, 5.74) is 1.01. The van der Waals surface area contributed by atoms with Crippen molar-refractivity contribution in [2.24, 2.45) is 11.8 Å². The Morgan fingerprint density at radius 2 is 1.85 bits per heavy atom. The van der Waals surface area contributed by atoms with Crippen molar-refractivity contribution >= 4 is 15.9 Å². The van der Waals surface area contributed by atoms with Gasteiger partial charge in [-0.25, -0.2) is 13.1 Å². The number of nitrogens with one attached hydrogen (secondary N) is 2. The zero-order chi connectivity index (χ0) is 14.8. The van der Waals surface area contributed by atoms with Crippen LogP contribution in [0.25, 0.3) is 0 Å². The summed E-state index contributed by atoms with van der Waals surface area (Å²) in [6, 6.07) is 6.65. The van der Waals surface area contributed by atoms with E-state index in [1.54, 1.807) is 24.3 Å². The van der Waals surface area contributed by atoms with Gasteiger partial charge in [-0.05, 0) is 31.4 Å². The molecule has 1 aromatic carbocycles. The monoisotopic (exact) mass is 296 g/mol. The molecule has 2 atom stereocenters. The zero-order valence-corrected chi connectivity index (χ0v) is 12.5. The quantitative estimate of drug-likeness (QED) is 0.770. The number of sulfonamides is 1. The number of amides is 1. The normalized spacial score (nSPS) is 21.5. The molecule has 0 heterocycles. The summed E-state index contributed by atoms with van der Waals surface area (Å²) in [5, 5.41) is 2.74. The lowest BCUT2D eigenvalue weighted by Crippen LogP contribution is -2.35. The lowest BCUT2D eigenvalue weighted by Gasteiger charge is -2.08. The van der Waals surface area contributed by atoms with Crippen LogP contribution >= 0.6 is 0 Å². The maximum absolute atomic E-state index is 12.0. The molecule has 1 aliphatic carbocycles. The number of carbonyl (C=O) groups excluding carboxylic acids is 1. The van der Waals surface area contributed by atoms with Gasteiger partial charge in [0.2, 0.25) is 15.9 Å². The van der Waals surface area contributed by atoms with Crippen LogP contribution in [0.4, 0.5) is 0 Å². The van der Waals surface area contributed by atoms with Crippen molar-refractivity contribution in [3.05, 3.63) is 29.8 Å². The van der Waals surface area contributed by atoms with Crippen molar-refractivity contribution in [2.75, 3.05) is 13.1 Å². The van der Waals surface area contributed by atoms with Crippen LogP contribution in [0.1, 0.15) is 18.9 Å². The first-order chi connectivity index (χ1) is 9.40. The number of hydrogen-bond acceptors (Lipinski definition) is 3. The number of carbonyl (C=O) groups is 1. The molecule has 6 heteroatoms. The molecule has 0 aromatic heterocycles. The molecule has 2 N–H and O–H groups in total. The van der Waals surface area contributed by atoms with Gasteiger partial charge in [-0.15, -0.1) is 0 Å². The molecule has 1 aromatic rings. The second-order valence-corrected chi connectivity index (χ2v) is 7.09. The Morgan fingerprint density at radius 1 is 1.25 bits per heavy atom. The van der Waals surface area contributed by atoms with Gasteiger partial charge in [-0.3, -0.25) is 4.79 Å². The smallest absolute Gasteiger partial charge is 0.240 e. The van der Waals surface area contributed by atoms with Crippen LogP contribution in [0, 0.1) is 18.8 Å². The summed E-state index contributed by atoms with van der Waals surface area (Å²) in [6.45, 7) is 4.44. The lowest BCUT2D eigenvalue weighted by atomic mass is 10.2. The van der Waals surface area contributed by atoms with Gasteiger partial charge in [0.15, 0.2) is 0 Å². The Hall–Kier alpha value is -1.40. The van der Waals surface area contributed by atoms with Gasteiger partial charge in [0.05, 0.1) is 4.90 Å². The van der Waals surface area contributed by atoms with Crippen molar-refractivity contribution in [2.45, 2.75) is 25.2 Å². The Labute approximate surface area is 119 Å². The van der Waals surface area contributed by atoms with E-state index in [1.807, 2.05) is 13.8 Å². The van der Waals surface area contributed by atoms with Crippen LogP contribution in [0.2, 0.25) is 0 Å². The molecule has 2 rings (SSSR count). The van der Waals surface area contributed by atoms with Crippen molar-refractivity contribution in [3.8, 4) is 0 Å². The molecule has 110 valence electrons. The summed E-state index contributed by atoms with van der Waals surface area (Å²) < 4.78 is 26.4. The van der Waals surface area contributed by atoms with Crippen LogP contribution in [-0.2, 0) is 14.8 Å². The molecule has 0 spiro atoms. The van der Waals surface area contributed by atoms with Crippen LogP contribution < -0.4 is 10.0 Å². The van der Waals surface area contributed by atoms with Gasteiger partial charge in [0.1, 0.15) is 0 Å². The molecule has 0 radical (unpaired) electrons. The molecular weight excluding hydrogens is 276 g/mol. The third-order valence-corrected chi connectivity index (χ3v) is 4.97. The highest BCUT2D eigenvalue weighted by Gasteiger charge is 2.38. The Bertz CT molecular complexity index is 581. The van der Waals surface area contributed by atoms with Crippen molar-refractivity contribution in [1.29, 1.82) is 0 Å². The SMILES string of the molecule is Cc1ccc(S(=O)(=O)NCCNC(=O)[C@@H]2C[C@H]2C)cc1. The highest BCUT2D eigenvalue weighted by Crippen LogP contribution is 2.37. The largest absolute Gasteiger partial charge is 0.355 e. The second-order valence-electron chi connectivity index (χ2n) is 5.32. The second kappa shape index (κ2) is 5.93. The Kier molecular flexibility index (Phi) is 4.45. The zero-order valence-electron chi connectivity index (χ0n) is 11.7.